The number of hydrogen-bond donors (Lipinski definition) is 2. The number of nitrogens with one attached hydrogen (secondary N) is 1. The summed E-state index contributed by atoms with van der Waals surface area (Å²) in [7, 11) is 0. The average molecular weight is 294 g/mol. The summed E-state index contributed by atoms with van der Waals surface area (Å²) in [6.45, 7) is 2.26. The Morgan fingerprint density at radius 3 is 1.79 bits per heavy atom. The zero-order valence-corrected chi connectivity index (χ0v) is 9.61. The Kier molecular flexibility index (Phi) is 4.35. The zero-order valence-electron chi connectivity index (χ0n) is 9.61. The molecule has 2 fully saturated rings. The van der Waals surface area contributed by atoms with Crippen molar-refractivity contribution >= 4 is 5.97 Å². The van der Waals surface area contributed by atoms with Crippen molar-refractivity contribution in [2.45, 2.75) is 12.4 Å². The van der Waals surface area contributed by atoms with E-state index >= 15 is 0 Å². The summed E-state index contributed by atoms with van der Waals surface area (Å²) in [6.07, 6.45) is -9.11. The maximum absolute atomic E-state index is 11.8. The standard InChI is InChI=1S/C7H11F3N2.C2HF3O2/c8-7(9,10)5-12-3-6(4-12)1-11-2-6;3-2(4,5)1(6)7/h11H,1-5H2;(H,6,7). The fraction of sp³-hybridized carbons (Fsp3) is 0.889. The van der Waals surface area contributed by atoms with Crippen molar-refractivity contribution in [2.24, 2.45) is 5.41 Å². The molecule has 19 heavy (non-hydrogen) atoms. The van der Waals surface area contributed by atoms with Crippen LogP contribution in [-0.2, 0) is 4.79 Å². The largest absolute Gasteiger partial charge is 0.490 e. The number of rotatable bonds is 1. The molecule has 0 unspecified atom stereocenters. The van der Waals surface area contributed by atoms with E-state index in [1.165, 1.54) is 4.90 Å². The third-order valence-electron chi connectivity index (χ3n) is 2.76. The van der Waals surface area contributed by atoms with Crippen LogP contribution in [0.15, 0.2) is 0 Å². The van der Waals surface area contributed by atoms with Gasteiger partial charge in [0.05, 0.1) is 6.54 Å². The van der Waals surface area contributed by atoms with Crippen LogP contribution >= 0.6 is 0 Å². The van der Waals surface area contributed by atoms with E-state index < -0.39 is 24.9 Å². The van der Waals surface area contributed by atoms with Gasteiger partial charge in [0.15, 0.2) is 0 Å². The number of likely N-dealkylation sites (tertiary alicyclic amines) is 1. The van der Waals surface area contributed by atoms with Gasteiger partial charge in [-0.3, -0.25) is 4.90 Å². The maximum atomic E-state index is 11.8. The highest BCUT2D eigenvalue weighted by atomic mass is 19.4. The van der Waals surface area contributed by atoms with Crippen molar-refractivity contribution in [3.05, 3.63) is 0 Å². The molecule has 0 aromatic rings. The summed E-state index contributed by atoms with van der Waals surface area (Å²) < 4.78 is 67.3. The van der Waals surface area contributed by atoms with E-state index in [0.29, 0.717) is 13.1 Å². The molecule has 0 aromatic heterocycles. The van der Waals surface area contributed by atoms with Crippen molar-refractivity contribution in [3.63, 3.8) is 0 Å². The van der Waals surface area contributed by atoms with Gasteiger partial charge in [0.25, 0.3) is 0 Å². The van der Waals surface area contributed by atoms with Crippen molar-refractivity contribution in [1.29, 1.82) is 0 Å². The average Bonchev–Trinajstić information content (AvgIpc) is 2.04. The number of carbonyl (C=O) groups is 1. The van der Waals surface area contributed by atoms with Crippen LogP contribution in [0.4, 0.5) is 26.3 Å². The zero-order chi connectivity index (χ0) is 14.9. The van der Waals surface area contributed by atoms with Gasteiger partial charge in [-0.25, -0.2) is 4.79 Å². The highest BCUT2D eigenvalue weighted by Gasteiger charge is 2.49. The lowest BCUT2D eigenvalue weighted by atomic mass is 9.74. The number of carboxylic acids is 1. The highest BCUT2D eigenvalue weighted by molar-refractivity contribution is 5.73. The van der Waals surface area contributed by atoms with Gasteiger partial charge >= 0.3 is 18.3 Å². The minimum atomic E-state index is -5.08. The molecule has 2 rings (SSSR count). The minimum Gasteiger partial charge on any atom is -0.475 e. The Balaban J connectivity index is 0.000000224. The Labute approximate surface area is 104 Å². The van der Waals surface area contributed by atoms with Crippen molar-refractivity contribution in [3.8, 4) is 0 Å². The Morgan fingerprint density at radius 1 is 1.16 bits per heavy atom. The normalized spacial score (nSPS) is 22.0. The third kappa shape index (κ3) is 4.86. The van der Waals surface area contributed by atoms with Crippen LogP contribution in [0.3, 0.4) is 0 Å². The second-order valence-corrected chi connectivity index (χ2v) is 4.67. The first-order valence-corrected chi connectivity index (χ1v) is 5.24. The highest BCUT2D eigenvalue weighted by Crippen LogP contribution is 2.35. The SMILES string of the molecule is FC(F)(F)CN1CC2(CNC2)C1.O=C(O)C(F)(F)F. The molecule has 0 saturated carbocycles. The topological polar surface area (TPSA) is 52.6 Å². The monoisotopic (exact) mass is 294 g/mol. The lowest BCUT2D eigenvalue weighted by molar-refractivity contribution is -0.192. The predicted octanol–water partition coefficient (Wildman–Crippen LogP) is 1.09. The molecule has 10 heteroatoms. The van der Waals surface area contributed by atoms with Crippen LogP contribution in [0.2, 0.25) is 0 Å². The van der Waals surface area contributed by atoms with Crippen LogP contribution < -0.4 is 5.32 Å². The second kappa shape index (κ2) is 5.16. The maximum Gasteiger partial charge on any atom is 0.490 e. The molecule has 2 N–H and O–H groups in total. The molecule has 1 spiro atoms. The van der Waals surface area contributed by atoms with E-state index in [0.717, 1.165) is 13.1 Å². The predicted molar refractivity (Wildman–Crippen MR) is 51.5 cm³/mol. The molecule has 2 saturated heterocycles. The van der Waals surface area contributed by atoms with Gasteiger partial charge < -0.3 is 10.4 Å². The van der Waals surface area contributed by atoms with Gasteiger partial charge in [0, 0.05) is 31.6 Å². The third-order valence-corrected chi connectivity index (χ3v) is 2.76. The summed E-state index contributed by atoms with van der Waals surface area (Å²) in [5.41, 5.74) is 0.200. The molecule has 0 radical (unpaired) electrons. The number of carboxylic acid groups (broad SMARTS) is 1. The van der Waals surface area contributed by atoms with Crippen molar-refractivity contribution < 1.29 is 36.2 Å². The van der Waals surface area contributed by atoms with Crippen LogP contribution in [0.5, 0.6) is 0 Å². The van der Waals surface area contributed by atoms with Crippen LogP contribution in [0.25, 0.3) is 0 Å². The Bertz CT molecular complexity index is 329. The van der Waals surface area contributed by atoms with E-state index in [2.05, 4.69) is 5.32 Å². The van der Waals surface area contributed by atoms with Crippen LogP contribution in [0.1, 0.15) is 0 Å². The number of aliphatic carboxylic acids is 1. The Hall–Kier alpha value is -1.03. The smallest absolute Gasteiger partial charge is 0.475 e. The number of halogens is 6. The summed E-state index contributed by atoms with van der Waals surface area (Å²) in [4.78, 5) is 10.4. The van der Waals surface area contributed by atoms with E-state index in [-0.39, 0.29) is 5.41 Å². The quantitative estimate of drug-likeness (QED) is 0.711. The van der Waals surface area contributed by atoms with Crippen molar-refractivity contribution in [1.82, 2.24) is 10.2 Å². The molecule has 0 aromatic carbocycles. The van der Waals surface area contributed by atoms with Gasteiger partial charge in [0.1, 0.15) is 0 Å². The molecule has 4 nitrogen and oxygen atoms in total. The van der Waals surface area contributed by atoms with Gasteiger partial charge in [-0.2, -0.15) is 26.3 Å². The summed E-state index contributed by atoms with van der Waals surface area (Å²) in [5.74, 6) is -2.76. The van der Waals surface area contributed by atoms with E-state index in [9.17, 15) is 26.3 Å². The van der Waals surface area contributed by atoms with Crippen LogP contribution in [-0.4, -0.2) is 61.1 Å². The first-order valence-electron chi connectivity index (χ1n) is 5.24. The number of alkyl halides is 6. The molecular formula is C9H12F6N2O2. The molecule has 0 atom stereocenters. The van der Waals surface area contributed by atoms with Crippen molar-refractivity contribution in [2.75, 3.05) is 32.7 Å². The summed E-state index contributed by atoms with van der Waals surface area (Å²) in [6, 6.07) is 0. The molecule has 0 aliphatic carbocycles. The molecule has 2 heterocycles. The molecule has 0 bridgehead atoms. The molecular weight excluding hydrogens is 282 g/mol. The van der Waals surface area contributed by atoms with Crippen LogP contribution in [0, 0.1) is 5.41 Å². The first kappa shape index (κ1) is 16.0. The molecule has 2 aliphatic heterocycles. The van der Waals surface area contributed by atoms with E-state index in [1.807, 2.05) is 0 Å². The molecule has 2 aliphatic rings. The number of nitrogens with zero attached hydrogens (tertiary/aromatic N) is 1. The fourth-order valence-electron chi connectivity index (χ4n) is 1.97. The van der Waals surface area contributed by atoms with E-state index in [4.69, 9.17) is 9.90 Å². The summed E-state index contributed by atoms with van der Waals surface area (Å²) >= 11 is 0. The molecule has 0 amide bonds. The summed E-state index contributed by atoms with van der Waals surface area (Å²) in [5, 5.41) is 10.2. The molecule has 112 valence electrons. The lowest BCUT2D eigenvalue weighted by Crippen LogP contribution is -2.71. The second-order valence-electron chi connectivity index (χ2n) is 4.67. The van der Waals surface area contributed by atoms with Gasteiger partial charge in [-0.05, 0) is 0 Å². The number of hydrogen-bond acceptors (Lipinski definition) is 3. The first-order chi connectivity index (χ1) is 8.44. The Morgan fingerprint density at radius 2 is 1.58 bits per heavy atom. The van der Waals surface area contributed by atoms with Gasteiger partial charge in [-0.15, -0.1) is 0 Å². The van der Waals surface area contributed by atoms with E-state index in [1.54, 1.807) is 0 Å². The lowest BCUT2D eigenvalue weighted by Gasteiger charge is -2.56. The fourth-order valence-corrected chi connectivity index (χ4v) is 1.97. The van der Waals surface area contributed by atoms with Gasteiger partial charge in [0.2, 0.25) is 0 Å². The van der Waals surface area contributed by atoms with Gasteiger partial charge in [-0.1, -0.05) is 0 Å². The minimum absolute atomic E-state index is 0.200.